The lowest BCUT2D eigenvalue weighted by Crippen LogP contribution is -2.44. The summed E-state index contributed by atoms with van der Waals surface area (Å²) in [5.74, 6) is 0.942. The van der Waals surface area contributed by atoms with Crippen LogP contribution in [-0.4, -0.2) is 36.8 Å². The molecule has 1 aliphatic heterocycles. The van der Waals surface area contributed by atoms with E-state index in [1.165, 1.54) is 30.2 Å². The molecule has 0 N–H and O–H groups in total. The largest absolute Gasteiger partial charge is 0.456 e. The Bertz CT molecular complexity index is 1030. The van der Waals surface area contributed by atoms with Gasteiger partial charge in [0.1, 0.15) is 11.8 Å². The first-order valence-electron chi connectivity index (χ1n) is 15.5. The standard InChI is InChI=1S/C29H40N4O2.2C3H8/c1-21(2)23-14-8-10-16-25(23)32-18-12-13-19-33(26-17-11-9-15-24(26)22(3)4)28(32)31-30-20-27(34)35-29(5,6)7;2*1-3-2/h8-11,14-17,20-22H,12-13,18-19H2,1-7H3;2*3H2,1-2H3/b30-20+;;. The molecule has 0 atom stereocenters. The highest BCUT2D eigenvalue weighted by Crippen LogP contribution is 2.33. The van der Waals surface area contributed by atoms with Crippen molar-refractivity contribution in [3.63, 3.8) is 0 Å². The van der Waals surface area contributed by atoms with Crippen LogP contribution in [0.3, 0.4) is 0 Å². The van der Waals surface area contributed by atoms with Gasteiger partial charge in [0.25, 0.3) is 0 Å². The monoisotopic (exact) mass is 564 g/mol. The first-order chi connectivity index (χ1) is 19.4. The first kappa shape index (κ1) is 35.9. The van der Waals surface area contributed by atoms with Crippen LogP contribution >= 0.6 is 0 Å². The van der Waals surface area contributed by atoms with E-state index < -0.39 is 11.6 Å². The number of rotatable bonds is 6. The van der Waals surface area contributed by atoms with Gasteiger partial charge in [0.15, 0.2) is 0 Å². The Hall–Kier alpha value is -3.15. The highest BCUT2D eigenvalue weighted by atomic mass is 16.6. The van der Waals surface area contributed by atoms with Crippen LogP contribution in [0.25, 0.3) is 0 Å². The second kappa shape index (κ2) is 18.3. The quantitative estimate of drug-likeness (QED) is 0.199. The Kier molecular flexibility index (Phi) is 16.0. The molecule has 2 aromatic carbocycles. The van der Waals surface area contributed by atoms with Crippen molar-refractivity contribution in [1.82, 2.24) is 0 Å². The minimum atomic E-state index is -0.580. The van der Waals surface area contributed by atoms with Crippen LogP contribution in [-0.2, 0) is 9.53 Å². The lowest BCUT2D eigenvalue weighted by Gasteiger charge is -2.34. The maximum Gasteiger partial charge on any atom is 0.351 e. The van der Waals surface area contributed by atoms with Crippen LogP contribution in [0.5, 0.6) is 0 Å². The number of carbonyl (C=O) groups excluding carboxylic acids is 1. The fourth-order valence-corrected chi connectivity index (χ4v) is 4.35. The Morgan fingerprint density at radius 3 is 1.56 bits per heavy atom. The predicted octanol–water partition coefficient (Wildman–Crippen LogP) is 9.56. The molecule has 6 heteroatoms. The van der Waals surface area contributed by atoms with Gasteiger partial charge in [-0.15, -0.1) is 10.2 Å². The molecule has 228 valence electrons. The van der Waals surface area contributed by atoms with Gasteiger partial charge in [-0.25, -0.2) is 4.79 Å². The summed E-state index contributed by atoms with van der Waals surface area (Å²) in [6.07, 6.45) is 5.73. The molecule has 1 fully saturated rings. The number of ether oxygens (including phenoxy) is 1. The maximum atomic E-state index is 12.3. The number of nitrogens with zero attached hydrogens (tertiary/aromatic N) is 4. The van der Waals surface area contributed by atoms with Crippen molar-refractivity contribution in [3.8, 4) is 0 Å². The first-order valence-corrected chi connectivity index (χ1v) is 15.5. The summed E-state index contributed by atoms with van der Waals surface area (Å²) < 4.78 is 5.39. The molecule has 0 spiro atoms. The van der Waals surface area contributed by atoms with E-state index in [2.05, 4.69) is 124 Å². The van der Waals surface area contributed by atoms with E-state index in [1.807, 2.05) is 20.8 Å². The van der Waals surface area contributed by atoms with Crippen molar-refractivity contribution < 1.29 is 9.53 Å². The van der Waals surface area contributed by atoms with Gasteiger partial charge < -0.3 is 14.5 Å². The van der Waals surface area contributed by atoms with Crippen LogP contribution in [0.1, 0.15) is 125 Å². The van der Waals surface area contributed by atoms with Crippen LogP contribution in [0.15, 0.2) is 58.7 Å². The van der Waals surface area contributed by atoms with Crippen LogP contribution in [0.2, 0.25) is 0 Å². The molecule has 1 saturated heterocycles. The van der Waals surface area contributed by atoms with Gasteiger partial charge in [-0.05, 0) is 68.7 Å². The van der Waals surface area contributed by atoms with Crippen molar-refractivity contribution in [3.05, 3.63) is 59.7 Å². The summed E-state index contributed by atoms with van der Waals surface area (Å²) in [5, 5.41) is 8.89. The number of hydrogen-bond donors (Lipinski definition) is 0. The highest BCUT2D eigenvalue weighted by Gasteiger charge is 2.28. The van der Waals surface area contributed by atoms with E-state index in [4.69, 9.17) is 4.74 Å². The third-order valence-corrected chi connectivity index (χ3v) is 5.91. The van der Waals surface area contributed by atoms with Crippen molar-refractivity contribution in [2.45, 2.75) is 119 Å². The molecular weight excluding hydrogens is 508 g/mol. The van der Waals surface area contributed by atoms with Gasteiger partial charge >= 0.3 is 5.97 Å². The summed E-state index contributed by atoms with van der Waals surface area (Å²) in [6, 6.07) is 17.0. The highest BCUT2D eigenvalue weighted by molar-refractivity contribution is 6.23. The summed E-state index contributed by atoms with van der Waals surface area (Å²) in [7, 11) is 0. The third kappa shape index (κ3) is 12.1. The number of carbonyl (C=O) groups is 1. The number of benzene rings is 2. The number of guanidine groups is 1. The predicted molar refractivity (Wildman–Crippen MR) is 179 cm³/mol. The fourth-order valence-electron chi connectivity index (χ4n) is 4.35. The lowest BCUT2D eigenvalue weighted by atomic mass is 10.00. The smallest absolute Gasteiger partial charge is 0.351 e. The van der Waals surface area contributed by atoms with Gasteiger partial charge in [-0.2, -0.15) is 0 Å². The Morgan fingerprint density at radius 2 is 1.20 bits per heavy atom. The molecule has 1 aliphatic rings. The number of anilines is 2. The fraction of sp³-hybridized carbons (Fsp3) is 0.571. The van der Waals surface area contributed by atoms with Crippen molar-refractivity contribution in [1.29, 1.82) is 0 Å². The SMILES string of the molecule is CC(C)c1ccccc1N1CCCCN(c2ccccc2C(C)C)C1=N/N=C/C(=O)OC(C)(C)C.CCC.CCC. The van der Waals surface area contributed by atoms with E-state index >= 15 is 0 Å². The Labute approximate surface area is 250 Å². The number of esters is 1. The van der Waals surface area contributed by atoms with Crippen LogP contribution < -0.4 is 9.80 Å². The Balaban J connectivity index is 0.00000129. The molecular formula is C35H56N4O2. The molecule has 6 nitrogen and oxygen atoms in total. The molecule has 2 aromatic rings. The number of hydrogen-bond acceptors (Lipinski definition) is 4. The normalized spacial score (nSPS) is 13.8. The van der Waals surface area contributed by atoms with E-state index in [1.54, 1.807) is 0 Å². The molecule has 0 aromatic heterocycles. The molecule has 0 saturated carbocycles. The second-order valence-corrected chi connectivity index (χ2v) is 12.0. The molecule has 41 heavy (non-hydrogen) atoms. The van der Waals surface area contributed by atoms with E-state index in [9.17, 15) is 4.79 Å². The lowest BCUT2D eigenvalue weighted by molar-refractivity contribution is -0.145. The molecule has 0 unspecified atom stereocenters. The van der Waals surface area contributed by atoms with Gasteiger partial charge in [0.05, 0.1) is 0 Å². The molecule has 1 heterocycles. The molecule has 0 radical (unpaired) electrons. The summed E-state index contributed by atoms with van der Waals surface area (Å²) >= 11 is 0. The second-order valence-electron chi connectivity index (χ2n) is 12.0. The summed E-state index contributed by atoms with van der Waals surface area (Å²) in [6.45, 7) is 24.5. The van der Waals surface area contributed by atoms with Gasteiger partial charge in [-0.3, -0.25) is 0 Å². The number of para-hydroxylation sites is 2. The average molecular weight is 565 g/mol. The minimum absolute atomic E-state index is 0.359. The Morgan fingerprint density at radius 1 is 0.805 bits per heavy atom. The molecule has 3 rings (SSSR count). The molecule has 0 bridgehead atoms. The topological polar surface area (TPSA) is 57.5 Å². The van der Waals surface area contributed by atoms with Crippen molar-refractivity contribution >= 4 is 29.5 Å². The van der Waals surface area contributed by atoms with E-state index in [0.717, 1.165) is 43.3 Å². The van der Waals surface area contributed by atoms with Crippen molar-refractivity contribution in [2.24, 2.45) is 10.2 Å². The van der Waals surface area contributed by atoms with Gasteiger partial charge in [0, 0.05) is 24.5 Å². The molecule has 0 amide bonds. The van der Waals surface area contributed by atoms with E-state index in [-0.39, 0.29) is 0 Å². The van der Waals surface area contributed by atoms with Crippen molar-refractivity contribution in [2.75, 3.05) is 22.9 Å². The maximum absolute atomic E-state index is 12.3. The zero-order valence-electron chi connectivity index (χ0n) is 27.7. The summed E-state index contributed by atoms with van der Waals surface area (Å²) in [4.78, 5) is 16.8. The van der Waals surface area contributed by atoms with Crippen LogP contribution in [0, 0.1) is 0 Å². The van der Waals surface area contributed by atoms with Gasteiger partial charge in [-0.1, -0.05) is 105 Å². The minimum Gasteiger partial charge on any atom is -0.456 e. The zero-order valence-corrected chi connectivity index (χ0v) is 27.7. The van der Waals surface area contributed by atoms with Crippen LogP contribution in [0.4, 0.5) is 11.4 Å². The third-order valence-electron chi connectivity index (χ3n) is 5.91. The van der Waals surface area contributed by atoms with Gasteiger partial charge in [0.2, 0.25) is 5.96 Å². The zero-order chi connectivity index (χ0) is 31.0. The van der Waals surface area contributed by atoms with E-state index in [0.29, 0.717) is 11.8 Å². The summed E-state index contributed by atoms with van der Waals surface area (Å²) in [5.41, 5.74) is 4.19. The average Bonchev–Trinajstić information content (AvgIpc) is 3.11. The molecule has 0 aliphatic carbocycles.